The van der Waals surface area contributed by atoms with Crippen LogP contribution in [0.3, 0.4) is 0 Å². The minimum Gasteiger partial charge on any atom is -0.490 e. The van der Waals surface area contributed by atoms with Crippen molar-refractivity contribution in [3.05, 3.63) is 64.7 Å². The lowest BCUT2D eigenvalue weighted by molar-refractivity contribution is -0.112. The summed E-state index contributed by atoms with van der Waals surface area (Å²) < 4.78 is 39.6. The predicted octanol–water partition coefficient (Wildman–Crippen LogP) is 4.34. The lowest BCUT2D eigenvalue weighted by atomic mass is 10.1. The van der Waals surface area contributed by atoms with E-state index in [-0.39, 0.29) is 15.9 Å². The van der Waals surface area contributed by atoms with Crippen molar-refractivity contribution >= 4 is 38.5 Å². The lowest BCUT2D eigenvalue weighted by Gasteiger charge is -2.11. The molecule has 0 bridgehead atoms. The third-order valence-corrected chi connectivity index (χ3v) is 7.69. The minimum atomic E-state index is -3.66. The highest BCUT2D eigenvalue weighted by Crippen LogP contribution is 2.21. The number of carbonyl (C=O) groups is 1. The molecule has 11 heteroatoms. The van der Waals surface area contributed by atoms with E-state index in [1.165, 1.54) is 19.9 Å². The number of aromatic nitrogens is 2. The molecule has 0 unspecified atom stereocenters. The Morgan fingerprint density at radius 2 is 1.83 bits per heavy atom. The van der Waals surface area contributed by atoms with Crippen LogP contribution < -0.4 is 14.8 Å². The molecule has 0 aliphatic rings. The summed E-state index contributed by atoms with van der Waals surface area (Å²) in [7, 11) is -3.66. The molecule has 2 aromatic carbocycles. The smallest absolute Gasteiger partial charge is 0.268 e. The van der Waals surface area contributed by atoms with Gasteiger partial charge in [0.2, 0.25) is 15.0 Å². The highest BCUT2D eigenvalue weighted by molar-refractivity contribution is 7.91. The van der Waals surface area contributed by atoms with Gasteiger partial charge < -0.3 is 9.47 Å². The van der Waals surface area contributed by atoms with Crippen LogP contribution in [-0.4, -0.2) is 42.1 Å². The first-order valence-electron chi connectivity index (χ1n) is 11.0. The zero-order chi connectivity index (χ0) is 26.3. The third-order valence-electron chi connectivity index (χ3n) is 5.01. The first-order chi connectivity index (χ1) is 17.1. The van der Waals surface area contributed by atoms with E-state index in [1.807, 2.05) is 38.1 Å². The SMILES string of the molecule is Cc1ccc(C)c(OCCOc2ccc(/C=C(/C#N)C(=O)Nc3nc(S(=O)(=O)C(C)C)ns3)cc2)c1. The summed E-state index contributed by atoms with van der Waals surface area (Å²) in [6.07, 6.45) is 1.41. The Morgan fingerprint density at radius 1 is 1.14 bits per heavy atom. The second kappa shape index (κ2) is 11.8. The largest absolute Gasteiger partial charge is 0.490 e. The molecular weight excluding hydrogens is 500 g/mol. The standard InChI is InChI=1S/C25H26N4O5S2/c1-16(2)36(31,32)25-28-24(35-29-25)27-23(30)20(15-26)14-19-7-9-21(10-8-19)33-11-12-34-22-13-17(3)5-6-18(22)4/h5-10,13-14,16H,11-12H2,1-4H3,(H,27,28,29,30)/b20-14-. The van der Waals surface area contributed by atoms with Gasteiger partial charge in [0, 0.05) is 11.5 Å². The van der Waals surface area contributed by atoms with Crippen molar-refractivity contribution in [1.29, 1.82) is 5.26 Å². The zero-order valence-corrected chi connectivity index (χ0v) is 21.9. The summed E-state index contributed by atoms with van der Waals surface area (Å²) in [4.78, 5) is 16.4. The second-order valence-corrected chi connectivity index (χ2v) is 11.3. The van der Waals surface area contributed by atoms with Crippen molar-refractivity contribution < 1.29 is 22.7 Å². The fourth-order valence-corrected chi connectivity index (χ4v) is 4.60. The third kappa shape index (κ3) is 6.90. The van der Waals surface area contributed by atoms with Gasteiger partial charge in [0.05, 0.1) is 5.25 Å². The number of amides is 1. The molecule has 1 heterocycles. The topological polar surface area (TPSA) is 131 Å². The minimum absolute atomic E-state index is 0.00722. The van der Waals surface area contributed by atoms with Crippen LogP contribution in [0.2, 0.25) is 0 Å². The molecule has 1 N–H and O–H groups in total. The summed E-state index contributed by atoms with van der Waals surface area (Å²) in [6.45, 7) is 7.76. The van der Waals surface area contributed by atoms with Gasteiger partial charge in [-0.1, -0.05) is 24.3 Å². The summed E-state index contributed by atoms with van der Waals surface area (Å²) in [5, 5.41) is 10.8. The molecule has 3 aromatic rings. The number of aryl methyl sites for hydroxylation is 2. The van der Waals surface area contributed by atoms with Crippen LogP contribution >= 0.6 is 11.5 Å². The fourth-order valence-electron chi connectivity index (χ4n) is 2.90. The van der Waals surface area contributed by atoms with Crippen LogP contribution in [0.4, 0.5) is 5.13 Å². The molecule has 1 aromatic heterocycles. The highest BCUT2D eigenvalue weighted by atomic mass is 32.2. The number of hydrogen-bond acceptors (Lipinski definition) is 9. The number of anilines is 1. The first-order valence-corrected chi connectivity index (χ1v) is 13.4. The van der Waals surface area contributed by atoms with Gasteiger partial charge in [-0.2, -0.15) is 14.6 Å². The molecule has 0 atom stereocenters. The second-order valence-electron chi connectivity index (χ2n) is 8.13. The van der Waals surface area contributed by atoms with Gasteiger partial charge in [-0.05, 0) is 68.7 Å². The van der Waals surface area contributed by atoms with Crippen molar-refractivity contribution in [3.8, 4) is 17.6 Å². The number of ether oxygens (including phenoxy) is 2. The molecular formula is C25H26N4O5S2. The Morgan fingerprint density at radius 3 is 2.50 bits per heavy atom. The van der Waals surface area contributed by atoms with E-state index in [9.17, 15) is 18.5 Å². The normalized spacial score (nSPS) is 11.7. The first kappa shape index (κ1) is 26.8. The number of sulfone groups is 1. The van der Waals surface area contributed by atoms with Crippen LogP contribution in [0, 0.1) is 25.2 Å². The number of benzene rings is 2. The number of nitriles is 1. The van der Waals surface area contributed by atoms with Gasteiger partial charge in [-0.15, -0.1) is 0 Å². The molecule has 36 heavy (non-hydrogen) atoms. The predicted molar refractivity (Wildman–Crippen MR) is 138 cm³/mol. The Labute approximate surface area is 214 Å². The molecule has 188 valence electrons. The number of nitrogens with zero attached hydrogens (tertiary/aromatic N) is 3. The molecule has 0 saturated heterocycles. The van der Waals surface area contributed by atoms with Gasteiger partial charge >= 0.3 is 0 Å². The van der Waals surface area contributed by atoms with Crippen molar-refractivity contribution in [2.24, 2.45) is 0 Å². The summed E-state index contributed by atoms with van der Waals surface area (Å²) in [5.41, 5.74) is 2.62. The molecule has 0 spiro atoms. The summed E-state index contributed by atoms with van der Waals surface area (Å²) >= 11 is 0.732. The van der Waals surface area contributed by atoms with Crippen molar-refractivity contribution in [1.82, 2.24) is 9.36 Å². The van der Waals surface area contributed by atoms with E-state index in [0.29, 0.717) is 24.5 Å². The van der Waals surface area contributed by atoms with E-state index < -0.39 is 21.0 Å². The number of rotatable bonds is 10. The average molecular weight is 527 g/mol. The quantitative estimate of drug-likeness (QED) is 0.234. The van der Waals surface area contributed by atoms with Crippen LogP contribution in [0.25, 0.3) is 6.08 Å². The van der Waals surface area contributed by atoms with E-state index in [4.69, 9.17) is 9.47 Å². The maximum Gasteiger partial charge on any atom is 0.268 e. The molecule has 0 fully saturated rings. The van der Waals surface area contributed by atoms with Crippen molar-refractivity contribution in [2.75, 3.05) is 18.5 Å². The van der Waals surface area contributed by atoms with Crippen molar-refractivity contribution in [2.45, 2.75) is 38.1 Å². The molecule has 3 rings (SSSR count). The highest BCUT2D eigenvalue weighted by Gasteiger charge is 2.25. The van der Waals surface area contributed by atoms with Crippen LogP contribution in [0.15, 0.2) is 53.2 Å². The Balaban J connectivity index is 1.56. The molecule has 0 aliphatic carbocycles. The van der Waals surface area contributed by atoms with Crippen molar-refractivity contribution in [3.63, 3.8) is 0 Å². The molecule has 0 radical (unpaired) electrons. The Hall–Kier alpha value is -3.75. The van der Waals surface area contributed by atoms with Gasteiger partial charge in [0.15, 0.2) is 0 Å². The van der Waals surface area contributed by atoms with E-state index in [1.54, 1.807) is 24.3 Å². The van der Waals surface area contributed by atoms with E-state index in [2.05, 4.69) is 14.7 Å². The van der Waals surface area contributed by atoms with Crippen LogP contribution in [0.5, 0.6) is 11.5 Å². The van der Waals surface area contributed by atoms with Gasteiger partial charge in [0.1, 0.15) is 36.4 Å². The molecule has 9 nitrogen and oxygen atoms in total. The molecule has 1 amide bonds. The Bertz CT molecular complexity index is 1400. The fraction of sp³-hybridized carbons (Fsp3) is 0.280. The maximum absolute atomic E-state index is 12.5. The van der Waals surface area contributed by atoms with E-state index in [0.717, 1.165) is 28.4 Å². The maximum atomic E-state index is 12.5. The Kier molecular flexibility index (Phi) is 8.79. The molecule has 0 saturated carbocycles. The number of hydrogen-bond donors (Lipinski definition) is 1. The van der Waals surface area contributed by atoms with Gasteiger partial charge in [0.25, 0.3) is 11.1 Å². The average Bonchev–Trinajstić information content (AvgIpc) is 3.32. The monoisotopic (exact) mass is 526 g/mol. The number of nitrogens with one attached hydrogen (secondary N) is 1. The summed E-state index contributed by atoms with van der Waals surface area (Å²) in [6, 6.07) is 14.7. The summed E-state index contributed by atoms with van der Waals surface area (Å²) in [5.74, 6) is 0.728. The van der Waals surface area contributed by atoms with E-state index >= 15 is 0 Å². The lowest BCUT2D eigenvalue weighted by Crippen LogP contribution is -2.16. The van der Waals surface area contributed by atoms with Gasteiger partial charge in [-0.3, -0.25) is 10.1 Å². The molecule has 0 aliphatic heterocycles. The number of carbonyl (C=O) groups excluding carboxylic acids is 1. The zero-order valence-electron chi connectivity index (χ0n) is 20.3. The van der Waals surface area contributed by atoms with Crippen LogP contribution in [0.1, 0.15) is 30.5 Å². The van der Waals surface area contributed by atoms with Crippen LogP contribution in [-0.2, 0) is 14.6 Å². The van der Waals surface area contributed by atoms with Gasteiger partial charge in [-0.25, -0.2) is 8.42 Å².